The van der Waals surface area contributed by atoms with Crippen LogP contribution in [0.5, 0.6) is 5.75 Å². The van der Waals surface area contributed by atoms with Crippen molar-refractivity contribution in [3.63, 3.8) is 0 Å². The molecule has 2 amide bonds. The lowest BCUT2D eigenvalue weighted by Gasteiger charge is -2.34. The number of amides is 2. The predicted molar refractivity (Wildman–Crippen MR) is 176 cm³/mol. The van der Waals surface area contributed by atoms with Crippen molar-refractivity contribution < 1.29 is 19.1 Å². The number of fused-ring (bicyclic) bond motifs is 1. The van der Waals surface area contributed by atoms with Gasteiger partial charge >= 0.3 is 0 Å². The van der Waals surface area contributed by atoms with Crippen LogP contribution in [0, 0.1) is 0 Å². The molecule has 0 bridgehead atoms. The molecule has 0 aliphatic carbocycles. The average molecular weight is 626 g/mol. The van der Waals surface area contributed by atoms with E-state index in [9.17, 15) is 19.5 Å². The van der Waals surface area contributed by atoms with E-state index in [0.717, 1.165) is 50.9 Å². The van der Waals surface area contributed by atoms with Crippen molar-refractivity contribution in [1.29, 1.82) is 0 Å². The Kier molecular flexibility index (Phi) is 9.21. The number of hydrogen-bond donors (Lipinski definition) is 2. The second-order valence-corrected chi connectivity index (χ2v) is 12.2. The quantitative estimate of drug-likeness (QED) is 0.225. The number of phenols is 1. The number of rotatable bonds is 8. The van der Waals surface area contributed by atoms with Gasteiger partial charge in [-0.1, -0.05) is 53.6 Å². The molecule has 45 heavy (non-hydrogen) atoms. The lowest BCUT2D eigenvalue weighted by atomic mass is 9.97. The molecular weight excluding hydrogens is 590 g/mol. The number of nitrogens with one attached hydrogen (secondary N) is 1. The van der Waals surface area contributed by atoms with E-state index in [4.69, 9.17) is 16.0 Å². The van der Waals surface area contributed by atoms with Crippen LogP contribution in [0.3, 0.4) is 0 Å². The molecule has 2 saturated heterocycles. The molecule has 2 aliphatic rings. The van der Waals surface area contributed by atoms with Crippen LogP contribution in [0.4, 0.5) is 5.69 Å². The van der Waals surface area contributed by atoms with E-state index < -0.39 is 5.91 Å². The third kappa shape index (κ3) is 7.40. The van der Waals surface area contributed by atoms with E-state index in [-0.39, 0.29) is 34.5 Å². The summed E-state index contributed by atoms with van der Waals surface area (Å²) in [6.45, 7) is 3.09. The van der Waals surface area contributed by atoms with Crippen LogP contribution in [-0.4, -0.2) is 47.5 Å². The van der Waals surface area contributed by atoms with Crippen LogP contribution < -0.4 is 15.6 Å². The summed E-state index contributed by atoms with van der Waals surface area (Å²) < 4.78 is 5.74. The van der Waals surface area contributed by atoms with Crippen molar-refractivity contribution in [2.75, 3.05) is 24.5 Å². The fraction of sp³-hybridized carbons (Fsp3) is 0.306. The van der Waals surface area contributed by atoms with Crippen molar-refractivity contribution in [1.82, 2.24) is 10.2 Å². The Labute approximate surface area is 266 Å². The normalized spacial score (nSPS) is 16.1. The third-order valence-electron chi connectivity index (χ3n) is 8.58. The van der Waals surface area contributed by atoms with E-state index in [1.165, 1.54) is 41.1 Å². The molecule has 2 fully saturated rings. The topological polar surface area (TPSA) is 103 Å². The number of hydrogen-bond acceptors (Lipinski definition) is 6. The average Bonchev–Trinajstić information content (AvgIpc) is 3.03. The molecule has 232 valence electrons. The van der Waals surface area contributed by atoms with Gasteiger partial charge in [0.15, 0.2) is 11.2 Å². The molecule has 6 rings (SSSR count). The molecule has 9 heteroatoms. The SMILES string of the molecule is O=C(N[C@H](C=C1CCN(c2ccccc2CN2CCCCC2=O)CC1)Cc1ccc(Cl)cc1)c1cc(=O)c2ccc(O)cc2o1. The minimum atomic E-state index is -0.508. The third-order valence-corrected chi connectivity index (χ3v) is 8.83. The summed E-state index contributed by atoms with van der Waals surface area (Å²) >= 11 is 6.11. The monoisotopic (exact) mass is 625 g/mol. The molecule has 2 aliphatic heterocycles. The molecule has 8 nitrogen and oxygen atoms in total. The number of benzene rings is 3. The van der Waals surface area contributed by atoms with Gasteiger partial charge in [-0.2, -0.15) is 0 Å². The second kappa shape index (κ2) is 13.6. The van der Waals surface area contributed by atoms with Gasteiger partial charge in [0, 0.05) is 55.4 Å². The highest BCUT2D eigenvalue weighted by Gasteiger charge is 2.23. The first-order valence-electron chi connectivity index (χ1n) is 15.4. The summed E-state index contributed by atoms with van der Waals surface area (Å²) in [7, 11) is 0. The Hall–Kier alpha value is -4.56. The zero-order valence-corrected chi connectivity index (χ0v) is 25.8. The number of carbonyl (C=O) groups is 2. The minimum Gasteiger partial charge on any atom is -0.508 e. The number of para-hydroxylation sites is 1. The van der Waals surface area contributed by atoms with Crippen molar-refractivity contribution in [3.8, 4) is 5.75 Å². The number of phenolic OH excluding ortho intramolecular Hbond substituents is 1. The van der Waals surface area contributed by atoms with Crippen molar-refractivity contribution in [2.45, 2.75) is 51.1 Å². The molecule has 0 unspecified atom stereocenters. The van der Waals surface area contributed by atoms with E-state index in [0.29, 0.717) is 29.8 Å². The van der Waals surface area contributed by atoms with E-state index >= 15 is 0 Å². The Balaban J connectivity index is 1.19. The number of nitrogens with zero attached hydrogens (tertiary/aromatic N) is 2. The van der Waals surface area contributed by atoms with Gasteiger partial charge in [0.1, 0.15) is 11.3 Å². The lowest BCUT2D eigenvalue weighted by molar-refractivity contribution is -0.133. The Morgan fingerprint density at radius 3 is 2.51 bits per heavy atom. The summed E-state index contributed by atoms with van der Waals surface area (Å²) in [4.78, 5) is 42.9. The molecule has 2 N–H and O–H groups in total. The molecular formula is C36H36ClN3O5. The maximum absolute atomic E-state index is 13.4. The first-order chi connectivity index (χ1) is 21.8. The highest BCUT2D eigenvalue weighted by Crippen LogP contribution is 2.29. The van der Waals surface area contributed by atoms with Crippen LogP contribution in [0.1, 0.15) is 53.8 Å². The number of piperidine rings is 2. The van der Waals surface area contributed by atoms with Gasteiger partial charge in [0.25, 0.3) is 5.91 Å². The van der Waals surface area contributed by atoms with Gasteiger partial charge in [-0.15, -0.1) is 0 Å². The van der Waals surface area contributed by atoms with Crippen LogP contribution in [0.2, 0.25) is 5.02 Å². The number of anilines is 1. The summed E-state index contributed by atoms with van der Waals surface area (Å²) in [5, 5.41) is 13.8. The Morgan fingerprint density at radius 2 is 1.73 bits per heavy atom. The van der Waals surface area contributed by atoms with Gasteiger partial charge in [0.05, 0.1) is 11.4 Å². The van der Waals surface area contributed by atoms with E-state index in [1.807, 2.05) is 41.3 Å². The predicted octanol–water partition coefficient (Wildman–Crippen LogP) is 6.23. The van der Waals surface area contributed by atoms with Crippen LogP contribution >= 0.6 is 11.6 Å². The minimum absolute atomic E-state index is 0.0532. The van der Waals surface area contributed by atoms with Gasteiger partial charge in [-0.25, -0.2) is 0 Å². The summed E-state index contributed by atoms with van der Waals surface area (Å²) in [5.41, 5.74) is 4.37. The van der Waals surface area contributed by atoms with Crippen LogP contribution in [0.25, 0.3) is 11.0 Å². The van der Waals surface area contributed by atoms with Gasteiger partial charge in [-0.05, 0) is 73.6 Å². The molecule has 1 atom stereocenters. The van der Waals surface area contributed by atoms with E-state index in [1.54, 1.807) is 0 Å². The second-order valence-electron chi connectivity index (χ2n) is 11.8. The first-order valence-corrected chi connectivity index (χ1v) is 15.8. The summed E-state index contributed by atoms with van der Waals surface area (Å²) in [6.07, 6.45) is 6.95. The van der Waals surface area contributed by atoms with Gasteiger partial charge < -0.3 is 24.6 Å². The number of halogens is 1. The van der Waals surface area contributed by atoms with E-state index in [2.05, 4.69) is 28.4 Å². The highest BCUT2D eigenvalue weighted by atomic mass is 35.5. The molecule has 4 aromatic rings. The number of aromatic hydroxyl groups is 1. The smallest absolute Gasteiger partial charge is 0.287 e. The Morgan fingerprint density at radius 1 is 0.956 bits per heavy atom. The number of likely N-dealkylation sites (tertiary alicyclic amines) is 1. The van der Waals surface area contributed by atoms with Crippen molar-refractivity contribution in [3.05, 3.63) is 117 Å². The zero-order valence-electron chi connectivity index (χ0n) is 25.0. The molecule has 0 saturated carbocycles. The fourth-order valence-electron chi connectivity index (χ4n) is 6.19. The molecule has 1 aromatic heterocycles. The molecule has 3 aromatic carbocycles. The maximum atomic E-state index is 13.4. The first kappa shape index (κ1) is 30.5. The molecule has 0 radical (unpaired) electrons. The van der Waals surface area contributed by atoms with Crippen LogP contribution in [-0.2, 0) is 17.8 Å². The summed E-state index contributed by atoms with van der Waals surface area (Å²) in [6, 6.07) is 20.9. The van der Waals surface area contributed by atoms with Crippen molar-refractivity contribution >= 4 is 40.1 Å². The van der Waals surface area contributed by atoms with Gasteiger partial charge in [0.2, 0.25) is 5.91 Å². The number of carbonyl (C=O) groups excluding carboxylic acids is 2. The van der Waals surface area contributed by atoms with Crippen LogP contribution in [0.15, 0.2) is 93.7 Å². The van der Waals surface area contributed by atoms with Gasteiger partial charge in [-0.3, -0.25) is 14.4 Å². The molecule has 0 spiro atoms. The lowest BCUT2D eigenvalue weighted by Crippen LogP contribution is -2.37. The maximum Gasteiger partial charge on any atom is 0.287 e. The van der Waals surface area contributed by atoms with Crippen molar-refractivity contribution in [2.24, 2.45) is 0 Å². The largest absolute Gasteiger partial charge is 0.508 e. The standard InChI is InChI=1S/C36H36ClN3O5/c37-27-10-8-24(9-11-27)19-28(38-36(44)34-22-32(42)30-13-12-29(41)21-33(30)45-34)20-25-14-17-39(18-15-25)31-6-2-1-5-26(31)23-40-16-4-3-7-35(40)43/h1-2,5-6,8-13,20-22,28,41H,3-4,7,14-19,23H2,(H,38,44)/t28-/m0/s1. The molecule has 3 heterocycles. The highest BCUT2D eigenvalue weighted by molar-refractivity contribution is 6.30. The zero-order chi connectivity index (χ0) is 31.3. The summed E-state index contributed by atoms with van der Waals surface area (Å²) in [5.74, 6) is -0.444. The fourth-order valence-corrected chi connectivity index (χ4v) is 6.32. The Bertz CT molecular complexity index is 1790.